The molecule has 1 fully saturated rings. The number of benzene rings is 1. The number of β-amino-alcohol motifs (C(OH)–C–C–N with tert-alkyl or cyclic N) is 1. The second-order valence-electron chi connectivity index (χ2n) is 6.28. The largest absolute Gasteiger partial charge is 0.391 e. The second kappa shape index (κ2) is 6.86. The van der Waals surface area contributed by atoms with Crippen LogP contribution in [0.3, 0.4) is 0 Å². The molecular formula is C19H19ClN4O. The van der Waals surface area contributed by atoms with Crippen LogP contribution in [0.4, 0.5) is 5.82 Å². The van der Waals surface area contributed by atoms with E-state index in [9.17, 15) is 5.11 Å². The van der Waals surface area contributed by atoms with Gasteiger partial charge in [0, 0.05) is 36.1 Å². The van der Waals surface area contributed by atoms with E-state index in [2.05, 4.69) is 20.1 Å². The van der Waals surface area contributed by atoms with Gasteiger partial charge in [-0.2, -0.15) is 5.10 Å². The van der Waals surface area contributed by atoms with Gasteiger partial charge in [-0.05, 0) is 42.7 Å². The molecule has 25 heavy (non-hydrogen) atoms. The summed E-state index contributed by atoms with van der Waals surface area (Å²) in [4.78, 5) is 6.27. The highest BCUT2D eigenvalue weighted by Crippen LogP contribution is 2.38. The number of piperidine rings is 1. The zero-order chi connectivity index (χ0) is 17.2. The van der Waals surface area contributed by atoms with Gasteiger partial charge in [0.1, 0.15) is 0 Å². The number of aliphatic hydroxyl groups is 1. The zero-order valence-electron chi connectivity index (χ0n) is 13.7. The highest BCUT2D eigenvalue weighted by Gasteiger charge is 2.25. The number of aromatic amines is 1. The molecule has 0 radical (unpaired) electrons. The van der Waals surface area contributed by atoms with E-state index in [4.69, 9.17) is 11.6 Å². The van der Waals surface area contributed by atoms with Gasteiger partial charge in [0.05, 0.1) is 17.4 Å². The molecular weight excluding hydrogens is 336 g/mol. The highest BCUT2D eigenvalue weighted by molar-refractivity contribution is 6.30. The predicted molar refractivity (Wildman–Crippen MR) is 99.7 cm³/mol. The number of pyridine rings is 1. The summed E-state index contributed by atoms with van der Waals surface area (Å²) in [5, 5.41) is 18.5. The molecule has 6 heteroatoms. The van der Waals surface area contributed by atoms with Crippen LogP contribution >= 0.6 is 11.6 Å². The molecule has 0 amide bonds. The molecule has 1 aromatic carbocycles. The number of nitrogens with one attached hydrogen (secondary N) is 1. The second-order valence-corrected chi connectivity index (χ2v) is 6.72. The number of anilines is 1. The minimum absolute atomic E-state index is 0.310. The van der Waals surface area contributed by atoms with Crippen molar-refractivity contribution in [2.24, 2.45) is 0 Å². The third-order valence-corrected chi connectivity index (χ3v) is 4.80. The molecule has 0 saturated carbocycles. The molecule has 1 atom stereocenters. The number of hydrogen-bond donors (Lipinski definition) is 2. The van der Waals surface area contributed by atoms with Crippen LogP contribution < -0.4 is 4.90 Å². The smallest absolute Gasteiger partial charge is 0.159 e. The first kappa shape index (κ1) is 16.1. The quantitative estimate of drug-likeness (QED) is 0.751. The Labute approximate surface area is 151 Å². The van der Waals surface area contributed by atoms with Crippen molar-refractivity contribution in [3.8, 4) is 22.4 Å². The van der Waals surface area contributed by atoms with Crippen LogP contribution in [0, 0.1) is 0 Å². The van der Waals surface area contributed by atoms with Gasteiger partial charge in [0.25, 0.3) is 0 Å². The van der Waals surface area contributed by atoms with E-state index in [-0.39, 0.29) is 6.10 Å². The van der Waals surface area contributed by atoms with E-state index in [1.165, 1.54) is 0 Å². The van der Waals surface area contributed by atoms with Crippen molar-refractivity contribution in [1.82, 2.24) is 15.2 Å². The number of nitrogens with zero attached hydrogens (tertiary/aromatic N) is 3. The molecule has 1 saturated heterocycles. The van der Waals surface area contributed by atoms with Gasteiger partial charge >= 0.3 is 0 Å². The summed E-state index contributed by atoms with van der Waals surface area (Å²) in [5.41, 5.74) is 4.04. The van der Waals surface area contributed by atoms with E-state index < -0.39 is 0 Å². The van der Waals surface area contributed by atoms with Crippen molar-refractivity contribution in [3.05, 3.63) is 53.8 Å². The summed E-state index contributed by atoms with van der Waals surface area (Å²) in [5.74, 6) is 0.870. The molecule has 4 rings (SSSR count). The maximum Gasteiger partial charge on any atom is 0.159 e. The van der Waals surface area contributed by atoms with Gasteiger partial charge in [0.15, 0.2) is 5.82 Å². The lowest BCUT2D eigenvalue weighted by Gasteiger charge is -2.31. The Morgan fingerprint density at radius 2 is 1.84 bits per heavy atom. The van der Waals surface area contributed by atoms with E-state index in [1.54, 1.807) is 12.4 Å². The Kier molecular flexibility index (Phi) is 4.42. The lowest BCUT2D eigenvalue weighted by Crippen LogP contribution is -2.38. The van der Waals surface area contributed by atoms with Crippen molar-refractivity contribution < 1.29 is 5.11 Å². The topological polar surface area (TPSA) is 65.0 Å². The summed E-state index contributed by atoms with van der Waals surface area (Å²) in [6.07, 6.45) is 5.05. The van der Waals surface area contributed by atoms with Crippen LogP contribution in [0.15, 0.2) is 48.8 Å². The first-order chi connectivity index (χ1) is 12.2. The summed E-state index contributed by atoms with van der Waals surface area (Å²) in [6, 6.07) is 11.7. The van der Waals surface area contributed by atoms with E-state index in [0.717, 1.165) is 47.6 Å². The van der Waals surface area contributed by atoms with Crippen LogP contribution in [0.2, 0.25) is 5.02 Å². The normalized spacial score (nSPS) is 17.7. The molecule has 0 aliphatic carbocycles. The van der Waals surface area contributed by atoms with Crippen LogP contribution in [-0.2, 0) is 0 Å². The monoisotopic (exact) mass is 354 g/mol. The Morgan fingerprint density at radius 1 is 1.08 bits per heavy atom. The third kappa shape index (κ3) is 3.25. The molecule has 3 aromatic rings. The highest BCUT2D eigenvalue weighted by atomic mass is 35.5. The van der Waals surface area contributed by atoms with Crippen LogP contribution in [0.5, 0.6) is 0 Å². The Morgan fingerprint density at radius 3 is 2.56 bits per heavy atom. The van der Waals surface area contributed by atoms with Gasteiger partial charge in [0.2, 0.25) is 0 Å². The fourth-order valence-electron chi connectivity index (χ4n) is 3.33. The number of halogens is 1. The average Bonchev–Trinajstić information content (AvgIpc) is 3.08. The zero-order valence-corrected chi connectivity index (χ0v) is 14.4. The molecule has 3 heterocycles. The summed E-state index contributed by atoms with van der Waals surface area (Å²) >= 11 is 6.03. The lowest BCUT2D eigenvalue weighted by molar-refractivity contribution is 0.154. The van der Waals surface area contributed by atoms with Crippen molar-refractivity contribution >= 4 is 17.4 Å². The third-order valence-electron chi connectivity index (χ3n) is 4.55. The first-order valence-electron chi connectivity index (χ1n) is 8.40. The Balaban J connectivity index is 1.83. The molecule has 1 aliphatic rings. The molecule has 1 aliphatic heterocycles. The maximum absolute atomic E-state index is 10.1. The van der Waals surface area contributed by atoms with Crippen LogP contribution in [0.1, 0.15) is 12.8 Å². The number of aliphatic hydroxyl groups excluding tert-OH is 1. The summed E-state index contributed by atoms with van der Waals surface area (Å²) in [7, 11) is 0. The van der Waals surface area contributed by atoms with Gasteiger partial charge in [-0.15, -0.1) is 0 Å². The fourth-order valence-corrected chi connectivity index (χ4v) is 3.45. The number of aromatic nitrogens is 3. The van der Waals surface area contributed by atoms with Crippen LogP contribution in [0.25, 0.3) is 22.4 Å². The van der Waals surface area contributed by atoms with E-state index in [0.29, 0.717) is 11.6 Å². The summed E-state index contributed by atoms with van der Waals surface area (Å²) < 4.78 is 0. The van der Waals surface area contributed by atoms with Gasteiger partial charge in [-0.1, -0.05) is 23.7 Å². The molecule has 1 unspecified atom stereocenters. The number of hydrogen-bond acceptors (Lipinski definition) is 4. The molecule has 0 bridgehead atoms. The summed E-state index contributed by atoms with van der Waals surface area (Å²) in [6.45, 7) is 1.49. The standard InChI is InChI=1S/C19H19ClN4O/c20-15-5-3-14(4-6-15)18-17(13-7-9-21-10-8-13)19(23-22-18)24-11-1-2-16(25)12-24/h3-10,16,25H,1-2,11-12H2,(H,22,23). The first-order valence-corrected chi connectivity index (χ1v) is 8.78. The molecule has 2 aromatic heterocycles. The van der Waals surface area contributed by atoms with Crippen molar-refractivity contribution in [2.75, 3.05) is 18.0 Å². The molecule has 2 N–H and O–H groups in total. The average molecular weight is 355 g/mol. The minimum atomic E-state index is -0.310. The maximum atomic E-state index is 10.1. The molecule has 0 spiro atoms. The van der Waals surface area contributed by atoms with Crippen molar-refractivity contribution in [1.29, 1.82) is 0 Å². The SMILES string of the molecule is OC1CCCN(c2n[nH]c(-c3ccc(Cl)cc3)c2-c2ccncc2)C1. The van der Waals surface area contributed by atoms with E-state index in [1.807, 2.05) is 36.4 Å². The van der Waals surface area contributed by atoms with E-state index >= 15 is 0 Å². The Hall–Kier alpha value is -2.37. The van der Waals surface area contributed by atoms with Gasteiger partial charge < -0.3 is 10.0 Å². The van der Waals surface area contributed by atoms with Crippen LogP contribution in [-0.4, -0.2) is 39.5 Å². The van der Waals surface area contributed by atoms with Gasteiger partial charge in [-0.25, -0.2) is 0 Å². The minimum Gasteiger partial charge on any atom is -0.391 e. The van der Waals surface area contributed by atoms with Gasteiger partial charge in [-0.3, -0.25) is 10.1 Å². The molecule has 128 valence electrons. The van der Waals surface area contributed by atoms with Crippen molar-refractivity contribution in [3.63, 3.8) is 0 Å². The Bertz CT molecular complexity index is 848. The van der Waals surface area contributed by atoms with Crippen molar-refractivity contribution in [2.45, 2.75) is 18.9 Å². The number of H-pyrrole nitrogens is 1. The molecule has 5 nitrogen and oxygen atoms in total. The lowest BCUT2D eigenvalue weighted by atomic mass is 10.00. The fraction of sp³-hybridized carbons (Fsp3) is 0.263. The predicted octanol–water partition coefficient (Wildman–Crippen LogP) is 3.75. The number of rotatable bonds is 3.